The van der Waals surface area contributed by atoms with Gasteiger partial charge in [0.25, 0.3) is 5.91 Å². The number of halogens is 1. The SMILES string of the molecule is C=CCc1cc(/C=C2\SC(Nc3cc(Cl)ccc3OC)NC2=O)cc(OCC)c1O. The number of phenols is 1. The van der Waals surface area contributed by atoms with Crippen LogP contribution in [0.1, 0.15) is 18.1 Å². The van der Waals surface area contributed by atoms with Crippen LogP contribution in [0.4, 0.5) is 5.69 Å². The van der Waals surface area contributed by atoms with E-state index in [1.807, 2.05) is 13.0 Å². The Morgan fingerprint density at radius 3 is 2.83 bits per heavy atom. The first-order valence-corrected chi connectivity index (χ1v) is 10.6. The quantitative estimate of drug-likeness (QED) is 0.400. The van der Waals surface area contributed by atoms with Crippen LogP contribution in [0, 0.1) is 0 Å². The second kappa shape index (κ2) is 9.82. The number of anilines is 1. The van der Waals surface area contributed by atoms with E-state index in [0.717, 1.165) is 5.56 Å². The Bertz CT molecular complexity index is 993. The van der Waals surface area contributed by atoms with Crippen LogP contribution in [0.5, 0.6) is 17.2 Å². The van der Waals surface area contributed by atoms with Gasteiger partial charge in [0.05, 0.1) is 24.3 Å². The second-order valence-corrected chi connectivity index (χ2v) is 8.00. The number of phenolic OH excluding ortho intramolecular Hbond substituents is 1. The van der Waals surface area contributed by atoms with Crippen LogP contribution >= 0.6 is 23.4 Å². The Labute approximate surface area is 184 Å². The van der Waals surface area contributed by atoms with Crippen molar-refractivity contribution in [2.75, 3.05) is 19.0 Å². The zero-order valence-corrected chi connectivity index (χ0v) is 18.3. The molecule has 6 nitrogen and oxygen atoms in total. The summed E-state index contributed by atoms with van der Waals surface area (Å²) < 4.78 is 10.9. The number of carbonyl (C=O) groups is 1. The molecule has 1 aliphatic rings. The molecule has 158 valence electrons. The number of aromatic hydroxyl groups is 1. The summed E-state index contributed by atoms with van der Waals surface area (Å²) in [4.78, 5) is 13.0. The fraction of sp³-hybridized carbons (Fsp3) is 0.227. The number of ether oxygens (including phenoxy) is 2. The summed E-state index contributed by atoms with van der Waals surface area (Å²) in [6, 6.07) is 8.77. The smallest absolute Gasteiger partial charge is 0.260 e. The Hall–Kier alpha value is -2.77. The van der Waals surface area contributed by atoms with E-state index in [1.165, 1.54) is 11.8 Å². The first-order valence-electron chi connectivity index (χ1n) is 9.34. The third-order valence-electron chi connectivity index (χ3n) is 4.32. The molecule has 1 unspecified atom stereocenters. The van der Waals surface area contributed by atoms with Gasteiger partial charge in [0.2, 0.25) is 0 Å². The van der Waals surface area contributed by atoms with Crippen LogP contribution in [0.15, 0.2) is 47.9 Å². The molecule has 0 bridgehead atoms. The zero-order valence-electron chi connectivity index (χ0n) is 16.7. The molecule has 30 heavy (non-hydrogen) atoms. The van der Waals surface area contributed by atoms with Crippen molar-refractivity contribution in [3.63, 3.8) is 0 Å². The molecule has 0 aromatic heterocycles. The maximum absolute atomic E-state index is 12.5. The highest BCUT2D eigenvalue weighted by molar-refractivity contribution is 8.05. The number of hydrogen-bond donors (Lipinski definition) is 3. The van der Waals surface area contributed by atoms with Crippen molar-refractivity contribution in [3.8, 4) is 17.2 Å². The summed E-state index contributed by atoms with van der Waals surface area (Å²) in [5.41, 5.74) is 1.74. The molecule has 3 rings (SSSR count). The lowest BCUT2D eigenvalue weighted by Gasteiger charge is -2.15. The van der Waals surface area contributed by atoms with Gasteiger partial charge in [0.15, 0.2) is 17.0 Å². The maximum atomic E-state index is 12.5. The molecule has 1 amide bonds. The number of amides is 1. The van der Waals surface area contributed by atoms with Gasteiger partial charge in [-0.1, -0.05) is 29.4 Å². The standard InChI is InChI=1S/C22H23ClN2O4S/c1-4-6-14-9-13(10-18(20(14)26)29-5-2)11-19-21(27)25-22(30-19)24-16-12-15(23)7-8-17(16)28-3/h4,7-12,22,24,26H,1,5-6H2,2-3H3,(H,25,27)/b19-11-. The van der Waals surface area contributed by atoms with Crippen LogP contribution in [0.25, 0.3) is 6.08 Å². The molecule has 2 aromatic rings. The molecular weight excluding hydrogens is 424 g/mol. The monoisotopic (exact) mass is 446 g/mol. The molecule has 0 spiro atoms. The molecule has 0 saturated carbocycles. The number of carbonyl (C=O) groups excluding carboxylic acids is 1. The van der Waals surface area contributed by atoms with Crippen LogP contribution in [0.2, 0.25) is 5.02 Å². The number of benzene rings is 2. The third kappa shape index (κ3) is 5.04. The van der Waals surface area contributed by atoms with Crippen LogP contribution in [0.3, 0.4) is 0 Å². The highest BCUT2D eigenvalue weighted by Crippen LogP contribution is 2.37. The normalized spacial score (nSPS) is 17.0. The predicted molar refractivity (Wildman–Crippen MR) is 122 cm³/mol. The first-order chi connectivity index (χ1) is 14.4. The Morgan fingerprint density at radius 1 is 1.33 bits per heavy atom. The summed E-state index contributed by atoms with van der Waals surface area (Å²) in [6.07, 6.45) is 3.96. The molecule has 2 aromatic carbocycles. The van der Waals surface area contributed by atoms with Crippen LogP contribution in [-0.2, 0) is 11.2 Å². The van der Waals surface area contributed by atoms with Crippen molar-refractivity contribution in [1.29, 1.82) is 0 Å². The Balaban J connectivity index is 1.84. The summed E-state index contributed by atoms with van der Waals surface area (Å²) in [7, 11) is 1.57. The van der Waals surface area contributed by atoms with Gasteiger partial charge < -0.3 is 25.2 Å². The number of rotatable bonds is 8. The first kappa shape index (κ1) is 21.9. The lowest BCUT2D eigenvalue weighted by atomic mass is 10.1. The van der Waals surface area contributed by atoms with Gasteiger partial charge in [0, 0.05) is 10.6 Å². The zero-order chi connectivity index (χ0) is 21.7. The number of thioether (sulfide) groups is 1. The van der Waals surface area contributed by atoms with E-state index in [2.05, 4.69) is 17.2 Å². The van der Waals surface area contributed by atoms with Gasteiger partial charge >= 0.3 is 0 Å². The Morgan fingerprint density at radius 2 is 2.13 bits per heavy atom. The average Bonchev–Trinajstić information content (AvgIpc) is 3.04. The number of hydrogen-bond acceptors (Lipinski definition) is 6. The van der Waals surface area contributed by atoms with Crippen molar-refractivity contribution in [2.24, 2.45) is 0 Å². The van der Waals surface area contributed by atoms with E-state index < -0.39 is 0 Å². The fourth-order valence-corrected chi connectivity index (χ4v) is 4.15. The third-order valence-corrected chi connectivity index (χ3v) is 5.58. The molecule has 1 atom stereocenters. The van der Waals surface area contributed by atoms with Gasteiger partial charge in [-0.05, 0) is 55.3 Å². The number of nitrogens with one attached hydrogen (secondary N) is 2. The summed E-state index contributed by atoms with van der Waals surface area (Å²) in [6.45, 7) is 5.99. The van der Waals surface area contributed by atoms with Gasteiger partial charge in [0.1, 0.15) is 5.75 Å². The fourth-order valence-electron chi connectivity index (χ4n) is 3.00. The van der Waals surface area contributed by atoms with Gasteiger partial charge in [-0.25, -0.2) is 0 Å². The largest absolute Gasteiger partial charge is 0.504 e. The molecule has 3 N–H and O–H groups in total. The average molecular weight is 447 g/mol. The van der Waals surface area contributed by atoms with Crippen molar-refractivity contribution in [1.82, 2.24) is 5.32 Å². The molecule has 8 heteroatoms. The topological polar surface area (TPSA) is 79.8 Å². The molecular formula is C22H23ClN2O4S. The molecule has 1 fully saturated rings. The lowest BCUT2D eigenvalue weighted by molar-refractivity contribution is -0.116. The summed E-state index contributed by atoms with van der Waals surface area (Å²) >= 11 is 7.42. The van der Waals surface area contributed by atoms with Crippen molar-refractivity contribution >= 4 is 41.0 Å². The van der Waals surface area contributed by atoms with E-state index >= 15 is 0 Å². The lowest BCUT2D eigenvalue weighted by Crippen LogP contribution is -2.31. The van der Waals surface area contributed by atoms with E-state index in [0.29, 0.717) is 45.7 Å². The van der Waals surface area contributed by atoms with E-state index in [4.69, 9.17) is 21.1 Å². The highest BCUT2D eigenvalue weighted by Gasteiger charge is 2.28. The van der Waals surface area contributed by atoms with Crippen molar-refractivity contribution in [3.05, 3.63) is 64.0 Å². The van der Waals surface area contributed by atoms with E-state index in [-0.39, 0.29) is 17.2 Å². The van der Waals surface area contributed by atoms with Gasteiger partial charge in [-0.15, -0.1) is 6.58 Å². The van der Waals surface area contributed by atoms with Crippen LogP contribution in [-0.4, -0.2) is 30.2 Å². The molecule has 0 aliphatic carbocycles. The van der Waals surface area contributed by atoms with E-state index in [1.54, 1.807) is 43.5 Å². The van der Waals surface area contributed by atoms with E-state index in [9.17, 15) is 9.90 Å². The number of allylic oxidation sites excluding steroid dienone is 1. The van der Waals surface area contributed by atoms with Gasteiger partial charge in [-0.3, -0.25) is 4.79 Å². The van der Waals surface area contributed by atoms with Crippen LogP contribution < -0.4 is 20.1 Å². The molecule has 1 aliphatic heterocycles. The number of methoxy groups -OCH3 is 1. The predicted octanol–water partition coefficient (Wildman–Crippen LogP) is 4.78. The molecule has 0 radical (unpaired) electrons. The Kier molecular flexibility index (Phi) is 7.18. The minimum atomic E-state index is -0.382. The molecule has 1 heterocycles. The highest BCUT2D eigenvalue weighted by atomic mass is 35.5. The minimum absolute atomic E-state index is 0.0926. The maximum Gasteiger partial charge on any atom is 0.260 e. The van der Waals surface area contributed by atoms with Gasteiger partial charge in [-0.2, -0.15) is 0 Å². The second-order valence-electron chi connectivity index (χ2n) is 6.42. The summed E-state index contributed by atoms with van der Waals surface area (Å²) in [5, 5.41) is 17.0. The summed E-state index contributed by atoms with van der Waals surface area (Å²) in [5.74, 6) is 0.899. The van der Waals surface area contributed by atoms with Crippen molar-refractivity contribution in [2.45, 2.75) is 18.8 Å². The minimum Gasteiger partial charge on any atom is -0.504 e. The van der Waals surface area contributed by atoms with Crippen molar-refractivity contribution < 1.29 is 19.4 Å². The molecule has 1 saturated heterocycles.